The van der Waals surface area contributed by atoms with Gasteiger partial charge in [0.15, 0.2) is 0 Å². The van der Waals surface area contributed by atoms with Gasteiger partial charge in [-0.15, -0.1) is 0 Å². The second kappa shape index (κ2) is 8.29. The summed E-state index contributed by atoms with van der Waals surface area (Å²) < 4.78 is 26.9. The number of nitrogens with one attached hydrogen (secondary N) is 1. The maximum absolute atomic E-state index is 12.7. The van der Waals surface area contributed by atoms with Crippen LogP contribution in [0.1, 0.15) is 12.8 Å². The van der Waals surface area contributed by atoms with Crippen LogP contribution in [0.25, 0.3) is 0 Å². The second-order valence-electron chi connectivity index (χ2n) is 6.49. The molecule has 6 nitrogen and oxygen atoms in total. The van der Waals surface area contributed by atoms with Crippen molar-refractivity contribution < 1.29 is 13.2 Å². The van der Waals surface area contributed by atoms with Crippen LogP contribution < -0.4 is 10.2 Å². The quantitative estimate of drug-likeness (QED) is 0.798. The Morgan fingerprint density at radius 3 is 2.48 bits per heavy atom. The molecule has 1 aliphatic rings. The SMILES string of the molecule is CN(CC(=O)Nc1cc(S(=O)(=O)N2CCCC2)ccc1Cl)c1ccccc1. The number of halogens is 1. The summed E-state index contributed by atoms with van der Waals surface area (Å²) in [6.45, 7) is 1.16. The van der Waals surface area contributed by atoms with Gasteiger partial charge in [-0.25, -0.2) is 8.42 Å². The number of benzene rings is 2. The molecule has 0 atom stereocenters. The van der Waals surface area contributed by atoms with E-state index >= 15 is 0 Å². The van der Waals surface area contributed by atoms with Gasteiger partial charge in [0.25, 0.3) is 0 Å². The lowest BCUT2D eigenvalue weighted by atomic mass is 10.3. The van der Waals surface area contributed by atoms with E-state index in [-0.39, 0.29) is 17.3 Å². The van der Waals surface area contributed by atoms with E-state index in [1.54, 1.807) is 4.90 Å². The topological polar surface area (TPSA) is 69.7 Å². The predicted molar refractivity (Wildman–Crippen MR) is 108 cm³/mol. The average molecular weight is 408 g/mol. The summed E-state index contributed by atoms with van der Waals surface area (Å²) in [6, 6.07) is 13.9. The first kappa shape index (κ1) is 19.7. The Hall–Kier alpha value is -2.09. The van der Waals surface area contributed by atoms with Crippen molar-refractivity contribution >= 4 is 38.9 Å². The van der Waals surface area contributed by atoms with Gasteiger partial charge in [-0.05, 0) is 43.2 Å². The van der Waals surface area contributed by atoms with Crippen LogP contribution in [0.2, 0.25) is 5.02 Å². The Kier molecular flexibility index (Phi) is 6.04. The second-order valence-corrected chi connectivity index (χ2v) is 8.84. The monoisotopic (exact) mass is 407 g/mol. The molecule has 0 radical (unpaired) electrons. The molecule has 27 heavy (non-hydrogen) atoms. The number of hydrogen-bond donors (Lipinski definition) is 1. The van der Waals surface area contributed by atoms with Gasteiger partial charge in [-0.2, -0.15) is 4.31 Å². The van der Waals surface area contributed by atoms with Crippen LogP contribution in [-0.2, 0) is 14.8 Å². The van der Waals surface area contributed by atoms with Crippen LogP contribution in [0.4, 0.5) is 11.4 Å². The molecular weight excluding hydrogens is 386 g/mol. The normalized spacial score (nSPS) is 14.9. The van der Waals surface area contributed by atoms with Gasteiger partial charge >= 0.3 is 0 Å². The molecule has 3 rings (SSSR count). The third-order valence-electron chi connectivity index (χ3n) is 4.49. The van der Waals surface area contributed by atoms with Gasteiger partial charge in [-0.1, -0.05) is 29.8 Å². The van der Waals surface area contributed by atoms with E-state index in [0.717, 1.165) is 18.5 Å². The standard InChI is InChI=1S/C19H22ClN3O3S/c1-22(15-7-3-2-4-8-15)14-19(24)21-18-13-16(9-10-17(18)20)27(25,26)23-11-5-6-12-23/h2-4,7-10,13H,5-6,11-12,14H2,1H3,(H,21,24). The molecule has 1 heterocycles. The lowest BCUT2D eigenvalue weighted by Crippen LogP contribution is -2.30. The molecule has 1 N–H and O–H groups in total. The van der Waals surface area contributed by atoms with Crippen molar-refractivity contribution in [3.8, 4) is 0 Å². The number of carbonyl (C=O) groups is 1. The fourth-order valence-electron chi connectivity index (χ4n) is 3.02. The van der Waals surface area contributed by atoms with Gasteiger partial charge in [-0.3, -0.25) is 4.79 Å². The van der Waals surface area contributed by atoms with Crippen LogP contribution >= 0.6 is 11.6 Å². The summed E-state index contributed by atoms with van der Waals surface area (Å²) >= 11 is 6.17. The number of amides is 1. The Balaban J connectivity index is 1.74. The van der Waals surface area contributed by atoms with Crippen LogP contribution in [0.3, 0.4) is 0 Å². The van der Waals surface area contributed by atoms with Crippen molar-refractivity contribution in [2.75, 3.05) is 36.9 Å². The van der Waals surface area contributed by atoms with Crippen LogP contribution in [0.15, 0.2) is 53.4 Å². The number of para-hydroxylation sites is 1. The highest BCUT2D eigenvalue weighted by Gasteiger charge is 2.27. The fraction of sp³-hybridized carbons (Fsp3) is 0.316. The zero-order valence-electron chi connectivity index (χ0n) is 15.1. The Labute approximate surface area is 164 Å². The third kappa shape index (κ3) is 4.61. The highest BCUT2D eigenvalue weighted by Crippen LogP contribution is 2.28. The first-order valence-corrected chi connectivity index (χ1v) is 10.6. The summed E-state index contributed by atoms with van der Waals surface area (Å²) in [6.07, 6.45) is 1.73. The minimum absolute atomic E-state index is 0.115. The van der Waals surface area contributed by atoms with E-state index in [9.17, 15) is 13.2 Å². The number of sulfonamides is 1. The molecule has 0 bridgehead atoms. The Morgan fingerprint density at radius 1 is 1.15 bits per heavy atom. The molecule has 1 aliphatic heterocycles. The smallest absolute Gasteiger partial charge is 0.243 e. The zero-order valence-corrected chi connectivity index (χ0v) is 16.6. The van der Waals surface area contributed by atoms with Crippen molar-refractivity contribution in [1.29, 1.82) is 0 Å². The van der Waals surface area contributed by atoms with Gasteiger partial charge in [0.1, 0.15) is 0 Å². The number of nitrogens with zero attached hydrogens (tertiary/aromatic N) is 2. The number of carbonyl (C=O) groups excluding carboxylic acids is 1. The zero-order chi connectivity index (χ0) is 19.4. The Bertz CT molecular complexity index is 913. The molecule has 0 spiro atoms. The maximum atomic E-state index is 12.7. The van der Waals surface area contributed by atoms with E-state index in [4.69, 9.17) is 11.6 Å². The summed E-state index contributed by atoms with van der Waals surface area (Å²) in [5.41, 5.74) is 1.20. The minimum atomic E-state index is -3.57. The van der Waals surface area contributed by atoms with Crippen molar-refractivity contribution in [3.63, 3.8) is 0 Å². The Morgan fingerprint density at radius 2 is 1.81 bits per heavy atom. The molecule has 2 aromatic carbocycles. The van der Waals surface area contributed by atoms with Crippen LogP contribution in [0, 0.1) is 0 Å². The lowest BCUT2D eigenvalue weighted by Gasteiger charge is -2.19. The average Bonchev–Trinajstić information content (AvgIpc) is 3.19. The number of anilines is 2. The summed E-state index contributed by atoms with van der Waals surface area (Å²) in [7, 11) is -1.76. The van der Waals surface area contributed by atoms with Gasteiger partial charge in [0.05, 0.1) is 22.2 Å². The highest BCUT2D eigenvalue weighted by atomic mass is 35.5. The molecule has 144 valence electrons. The number of likely N-dealkylation sites (N-methyl/N-ethyl adjacent to an activating group) is 1. The van der Waals surface area contributed by atoms with Gasteiger partial charge in [0, 0.05) is 25.8 Å². The van der Waals surface area contributed by atoms with E-state index in [1.807, 2.05) is 37.4 Å². The van der Waals surface area contributed by atoms with Crippen LogP contribution in [-0.4, -0.2) is 45.3 Å². The maximum Gasteiger partial charge on any atom is 0.243 e. The largest absolute Gasteiger partial charge is 0.365 e. The molecule has 8 heteroatoms. The van der Waals surface area contributed by atoms with E-state index < -0.39 is 10.0 Å². The van der Waals surface area contributed by atoms with Gasteiger partial charge < -0.3 is 10.2 Å². The minimum Gasteiger partial charge on any atom is -0.365 e. The molecule has 0 aromatic heterocycles. The van der Waals surface area contributed by atoms with E-state index in [0.29, 0.717) is 23.8 Å². The predicted octanol–water partition coefficient (Wildman–Crippen LogP) is 3.20. The molecule has 1 saturated heterocycles. The summed E-state index contributed by atoms with van der Waals surface area (Å²) in [5, 5.41) is 3.02. The van der Waals surface area contributed by atoms with Crippen molar-refractivity contribution in [2.24, 2.45) is 0 Å². The van der Waals surface area contributed by atoms with E-state index in [1.165, 1.54) is 22.5 Å². The number of hydrogen-bond acceptors (Lipinski definition) is 4. The van der Waals surface area contributed by atoms with Crippen molar-refractivity contribution in [3.05, 3.63) is 53.6 Å². The first-order chi connectivity index (χ1) is 12.9. The molecular formula is C19H22ClN3O3S. The van der Waals surface area contributed by atoms with Crippen LogP contribution in [0.5, 0.6) is 0 Å². The highest BCUT2D eigenvalue weighted by molar-refractivity contribution is 7.89. The summed E-state index contributed by atoms with van der Waals surface area (Å²) in [4.78, 5) is 14.3. The third-order valence-corrected chi connectivity index (χ3v) is 6.72. The summed E-state index contributed by atoms with van der Waals surface area (Å²) in [5.74, 6) is -0.279. The molecule has 0 unspecified atom stereocenters. The van der Waals surface area contributed by atoms with Crippen molar-refractivity contribution in [1.82, 2.24) is 4.31 Å². The fourth-order valence-corrected chi connectivity index (χ4v) is 4.73. The molecule has 0 aliphatic carbocycles. The number of rotatable bonds is 6. The van der Waals surface area contributed by atoms with E-state index in [2.05, 4.69) is 5.32 Å². The molecule has 1 fully saturated rings. The van der Waals surface area contributed by atoms with Crippen molar-refractivity contribution in [2.45, 2.75) is 17.7 Å². The molecule has 1 amide bonds. The van der Waals surface area contributed by atoms with Gasteiger partial charge in [0.2, 0.25) is 15.9 Å². The molecule has 2 aromatic rings. The first-order valence-electron chi connectivity index (χ1n) is 8.73. The lowest BCUT2D eigenvalue weighted by molar-refractivity contribution is -0.114. The molecule has 0 saturated carbocycles.